The summed E-state index contributed by atoms with van der Waals surface area (Å²) in [4.78, 5) is 10.2. The maximum Gasteiger partial charge on any atom is 0.124 e. The van der Waals surface area contributed by atoms with Gasteiger partial charge in [-0.15, -0.1) is 11.3 Å². The van der Waals surface area contributed by atoms with Crippen molar-refractivity contribution in [3.05, 3.63) is 164 Å². The predicted octanol–water partition coefficient (Wildman–Crippen LogP) is 12.1. The van der Waals surface area contributed by atoms with Gasteiger partial charge in [-0.25, -0.2) is 9.97 Å². The number of hydrogen-bond donors (Lipinski definition) is 0. The Morgan fingerprint density at radius 1 is 0.417 bits per heavy atom. The van der Waals surface area contributed by atoms with Crippen LogP contribution < -0.4 is 0 Å². The van der Waals surface area contributed by atoms with Crippen LogP contribution in [0.3, 0.4) is 0 Å². The highest BCUT2D eigenvalue weighted by atomic mass is 32.1. The van der Waals surface area contributed by atoms with E-state index in [-0.39, 0.29) is 0 Å². The van der Waals surface area contributed by atoms with Crippen LogP contribution in [0.15, 0.2) is 164 Å². The van der Waals surface area contributed by atoms with E-state index in [4.69, 9.17) is 9.97 Å². The monoisotopic (exact) mass is 629 g/mol. The van der Waals surface area contributed by atoms with E-state index in [1.807, 2.05) is 6.07 Å². The Morgan fingerprint density at radius 3 is 1.94 bits per heavy atom. The summed E-state index contributed by atoms with van der Waals surface area (Å²) >= 11 is 1.74. The zero-order chi connectivity index (χ0) is 31.6. The van der Waals surface area contributed by atoms with Crippen molar-refractivity contribution in [2.75, 3.05) is 0 Å². The summed E-state index contributed by atoms with van der Waals surface area (Å²) in [5.74, 6) is 0. The fraction of sp³-hybridized carbons (Fsp3) is 0. The summed E-state index contributed by atoms with van der Waals surface area (Å²) in [6.07, 6.45) is 0. The second-order valence-electron chi connectivity index (χ2n) is 12.2. The molecule has 0 fully saturated rings. The molecule has 0 bridgehead atoms. The Kier molecular flexibility index (Phi) is 6.05. The van der Waals surface area contributed by atoms with Crippen molar-refractivity contribution in [1.82, 2.24) is 14.5 Å². The molecule has 0 saturated heterocycles. The molecule has 10 aromatic rings. The lowest BCUT2D eigenvalue weighted by Gasteiger charge is -2.13. The Bertz CT molecular complexity index is 2810. The molecule has 3 nitrogen and oxygen atoms in total. The molecule has 0 unspecified atom stereocenters. The largest absolute Gasteiger partial charge is 0.309 e. The summed E-state index contributed by atoms with van der Waals surface area (Å²) in [6, 6.07) is 58.3. The van der Waals surface area contributed by atoms with E-state index in [0.29, 0.717) is 0 Å². The van der Waals surface area contributed by atoms with E-state index < -0.39 is 0 Å². The Hall–Kier alpha value is -6.10. The maximum atomic E-state index is 5.29. The molecule has 10 rings (SSSR count). The van der Waals surface area contributed by atoms with Crippen LogP contribution in [0.5, 0.6) is 0 Å². The summed E-state index contributed by atoms with van der Waals surface area (Å²) in [5.41, 5.74) is 11.2. The maximum absolute atomic E-state index is 5.29. The van der Waals surface area contributed by atoms with Crippen LogP contribution in [-0.2, 0) is 0 Å². The Morgan fingerprint density at radius 2 is 1.10 bits per heavy atom. The molecule has 7 aromatic carbocycles. The molecule has 224 valence electrons. The van der Waals surface area contributed by atoms with E-state index >= 15 is 0 Å². The number of para-hydroxylation sites is 3. The summed E-state index contributed by atoms with van der Waals surface area (Å²) in [7, 11) is 0. The molecule has 0 amide bonds. The molecule has 0 aliphatic rings. The second-order valence-corrected chi connectivity index (χ2v) is 13.2. The first-order valence-corrected chi connectivity index (χ1v) is 17.0. The van der Waals surface area contributed by atoms with Crippen molar-refractivity contribution in [3.63, 3.8) is 0 Å². The SMILES string of the molecule is c1ccc(-c2nc3ccc(-c4ccc(-c5nc6ccccc6c6c5ccc5c6c6ccccc6n5-c5ccccc5)cc4)cc3s2)cc1. The minimum Gasteiger partial charge on any atom is -0.309 e. The molecule has 0 atom stereocenters. The average Bonchev–Trinajstić information content (AvgIpc) is 3.74. The third kappa shape index (κ3) is 4.20. The lowest BCUT2D eigenvalue weighted by atomic mass is 9.95. The van der Waals surface area contributed by atoms with Gasteiger partial charge in [0.25, 0.3) is 0 Å². The van der Waals surface area contributed by atoms with Crippen LogP contribution in [0.4, 0.5) is 0 Å². The highest BCUT2D eigenvalue weighted by Crippen LogP contribution is 2.42. The van der Waals surface area contributed by atoms with Gasteiger partial charge >= 0.3 is 0 Å². The Labute approximate surface area is 281 Å². The van der Waals surface area contributed by atoms with Gasteiger partial charge in [0.1, 0.15) is 5.01 Å². The van der Waals surface area contributed by atoms with E-state index in [0.717, 1.165) is 43.9 Å². The lowest BCUT2D eigenvalue weighted by molar-refractivity contribution is 1.18. The second kappa shape index (κ2) is 10.7. The number of rotatable bonds is 4. The standard InChI is InChI=1S/C44H27N3S/c1-3-11-30(12-4-1)44-46-37-25-23-31(27-40(37)48-44)28-19-21-29(22-20-28)43-35-24-26-39-42(41(35)33-15-7-9-17-36(33)45-43)34-16-8-10-18-38(34)47(39)32-13-5-2-6-14-32/h1-27H. The summed E-state index contributed by atoms with van der Waals surface area (Å²) in [6.45, 7) is 0. The van der Waals surface area contributed by atoms with Crippen molar-refractivity contribution in [2.24, 2.45) is 0 Å². The summed E-state index contributed by atoms with van der Waals surface area (Å²) < 4.78 is 3.58. The van der Waals surface area contributed by atoms with Gasteiger partial charge < -0.3 is 4.57 Å². The van der Waals surface area contributed by atoms with E-state index in [1.54, 1.807) is 11.3 Å². The number of pyridine rings is 1. The molecular formula is C44H27N3S. The minimum absolute atomic E-state index is 0.998. The fourth-order valence-corrected chi connectivity index (χ4v) is 8.22. The number of hydrogen-bond acceptors (Lipinski definition) is 3. The van der Waals surface area contributed by atoms with Crippen LogP contribution in [0, 0.1) is 0 Å². The van der Waals surface area contributed by atoms with Crippen LogP contribution in [-0.4, -0.2) is 14.5 Å². The van der Waals surface area contributed by atoms with Gasteiger partial charge in [0.15, 0.2) is 0 Å². The molecule has 48 heavy (non-hydrogen) atoms. The number of fused-ring (bicyclic) bond motifs is 8. The fourth-order valence-electron chi connectivity index (χ4n) is 7.20. The Balaban J connectivity index is 1.14. The third-order valence-electron chi connectivity index (χ3n) is 9.41. The van der Waals surface area contributed by atoms with Gasteiger partial charge in [-0.1, -0.05) is 121 Å². The number of benzene rings is 7. The number of nitrogens with zero attached hydrogens (tertiary/aromatic N) is 3. The normalized spacial score (nSPS) is 11.8. The molecule has 3 aromatic heterocycles. The molecule has 0 radical (unpaired) electrons. The van der Waals surface area contributed by atoms with Gasteiger partial charge in [0, 0.05) is 43.7 Å². The molecule has 0 N–H and O–H groups in total. The quantitative estimate of drug-likeness (QED) is 0.181. The molecule has 0 spiro atoms. The van der Waals surface area contributed by atoms with Crippen LogP contribution in [0.25, 0.3) is 92.3 Å². The third-order valence-corrected chi connectivity index (χ3v) is 10.5. The first-order chi connectivity index (χ1) is 23.8. The molecule has 3 heterocycles. The number of thiazole rings is 1. The topological polar surface area (TPSA) is 30.7 Å². The molecule has 0 aliphatic heterocycles. The van der Waals surface area contributed by atoms with Crippen LogP contribution in [0.2, 0.25) is 0 Å². The van der Waals surface area contributed by atoms with E-state index in [9.17, 15) is 0 Å². The summed E-state index contributed by atoms with van der Waals surface area (Å²) in [5, 5.41) is 7.12. The van der Waals surface area contributed by atoms with Crippen LogP contribution in [0.1, 0.15) is 0 Å². The van der Waals surface area contributed by atoms with Crippen molar-refractivity contribution in [1.29, 1.82) is 0 Å². The van der Waals surface area contributed by atoms with Gasteiger partial charge in [-0.3, -0.25) is 0 Å². The molecule has 0 aliphatic carbocycles. The van der Waals surface area contributed by atoms with E-state index in [1.165, 1.54) is 48.4 Å². The van der Waals surface area contributed by atoms with E-state index in [2.05, 4.69) is 162 Å². The molecule has 0 saturated carbocycles. The first-order valence-electron chi connectivity index (χ1n) is 16.2. The average molecular weight is 630 g/mol. The van der Waals surface area contributed by atoms with Crippen molar-refractivity contribution >= 4 is 65.0 Å². The predicted molar refractivity (Wildman–Crippen MR) is 203 cm³/mol. The van der Waals surface area contributed by atoms with Gasteiger partial charge in [-0.2, -0.15) is 0 Å². The molecule has 4 heteroatoms. The highest BCUT2D eigenvalue weighted by Gasteiger charge is 2.19. The van der Waals surface area contributed by atoms with Crippen molar-refractivity contribution in [2.45, 2.75) is 0 Å². The zero-order valence-electron chi connectivity index (χ0n) is 25.8. The van der Waals surface area contributed by atoms with Gasteiger partial charge in [0.2, 0.25) is 0 Å². The first kappa shape index (κ1) is 27.1. The smallest absolute Gasteiger partial charge is 0.124 e. The van der Waals surface area contributed by atoms with Crippen molar-refractivity contribution < 1.29 is 0 Å². The highest BCUT2D eigenvalue weighted by molar-refractivity contribution is 7.21. The number of aromatic nitrogens is 3. The van der Waals surface area contributed by atoms with Gasteiger partial charge in [-0.05, 0) is 53.6 Å². The minimum atomic E-state index is 0.998. The molecular weight excluding hydrogens is 603 g/mol. The lowest BCUT2D eigenvalue weighted by Crippen LogP contribution is -1.94. The van der Waals surface area contributed by atoms with Crippen LogP contribution >= 0.6 is 11.3 Å². The van der Waals surface area contributed by atoms with Gasteiger partial charge in [0.05, 0.1) is 32.5 Å². The zero-order valence-corrected chi connectivity index (χ0v) is 26.7. The van der Waals surface area contributed by atoms with Crippen molar-refractivity contribution in [3.8, 4) is 38.6 Å².